The average Bonchev–Trinajstić information content (AvgIpc) is 3.16. The third kappa shape index (κ3) is 4.87. The molecule has 7 nitrogen and oxygen atoms in total. The van der Waals surface area contributed by atoms with Gasteiger partial charge in [0.2, 0.25) is 10.0 Å². The number of carbonyl (C=O) groups excluding carboxylic acids is 1. The van der Waals surface area contributed by atoms with Gasteiger partial charge >= 0.3 is 0 Å². The van der Waals surface area contributed by atoms with E-state index in [2.05, 4.69) is 15.2 Å². The topological polar surface area (TPSA) is 82.6 Å². The summed E-state index contributed by atoms with van der Waals surface area (Å²) in [6.45, 7) is 4.04. The molecule has 4 rings (SSSR count). The summed E-state index contributed by atoms with van der Waals surface area (Å²) in [4.78, 5) is 20.1. The van der Waals surface area contributed by atoms with Crippen LogP contribution in [0.1, 0.15) is 15.4 Å². The van der Waals surface area contributed by atoms with Gasteiger partial charge in [0.05, 0.1) is 10.6 Å². The number of sulfonamides is 1. The molecule has 0 bridgehead atoms. The maximum atomic E-state index is 13.0. The van der Waals surface area contributed by atoms with Gasteiger partial charge in [-0.2, -0.15) is 4.31 Å². The Hall–Kier alpha value is -2.30. The molecule has 3 aromatic rings. The maximum Gasteiger partial charge on any atom is 0.267 e. The molecule has 1 aromatic heterocycles. The zero-order valence-corrected chi connectivity index (χ0v) is 20.1. The smallest absolute Gasteiger partial charge is 0.267 e. The molecule has 1 aliphatic heterocycles. The van der Waals surface area contributed by atoms with Gasteiger partial charge in [-0.25, -0.2) is 13.4 Å². The normalized spacial score (nSPS) is 15.6. The number of likely N-dealkylation sites (N-methyl/N-ethyl adjacent to an activating group) is 1. The third-order valence-corrected chi connectivity index (χ3v) is 8.60. The van der Waals surface area contributed by atoms with Gasteiger partial charge in [-0.3, -0.25) is 4.79 Å². The molecule has 1 amide bonds. The molecule has 2 heterocycles. The number of amides is 1. The number of hydrogen-bond acceptors (Lipinski definition) is 6. The fourth-order valence-corrected chi connectivity index (χ4v) is 6.07. The second kappa shape index (κ2) is 9.29. The molecule has 0 spiro atoms. The second-order valence-corrected chi connectivity index (χ2v) is 11.0. The first-order valence-electron chi connectivity index (χ1n) is 10.1. The summed E-state index contributed by atoms with van der Waals surface area (Å²) in [6.07, 6.45) is 0. The predicted octanol–water partition coefficient (Wildman–Crippen LogP) is 3.96. The lowest BCUT2D eigenvalue weighted by Gasteiger charge is -2.31. The SMILES string of the molecule is Cc1nc(-c2cccc(Cl)c2)sc1C(=O)Nc1cccc(S(=O)(=O)N2CCN(C)CC2)c1. The Morgan fingerprint density at radius 3 is 2.53 bits per heavy atom. The van der Waals surface area contributed by atoms with Crippen LogP contribution in [0.25, 0.3) is 10.6 Å². The van der Waals surface area contributed by atoms with E-state index in [-0.39, 0.29) is 10.8 Å². The number of nitrogens with zero attached hydrogens (tertiary/aromatic N) is 3. The first-order chi connectivity index (χ1) is 15.2. The average molecular weight is 491 g/mol. The minimum absolute atomic E-state index is 0.167. The van der Waals surface area contributed by atoms with Gasteiger partial charge in [0.1, 0.15) is 9.88 Å². The fraction of sp³-hybridized carbons (Fsp3) is 0.273. The van der Waals surface area contributed by atoms with E-state index in [4.69, 9.17) is 11.6 Å². The molecule has 1 aliphatic rings. The van der Waals surface area contributed by atoms with Crippen LogP contribution in [0.5, 0.6) is 0 Å². The Morgan fingerprint density at radius 1 is 1.09 bits per heavy atom. The molecule has 0 atom stereocenters. The van der Waals surface area contributed by atoms with Crippen LogP contribution in [0.15, 0.2) is 53.4 Å². The largest absolute Gasteiger partial charge is 0.321 e. The van der Waals surface area contributed by atoms with Crippen LogP contribution in [0.2, 0.25) is 5.02 Å². The summed E-state index contributed by atoms with van der Waals surface area (Å²) in [5.41, 5.74) is 1.86. The molecule has 168 valence electrons. The molecule has 32 heavy (non-hydrogen) atoms. The van der Waals surface area contributed by atoms with Gasteiger partial charge in [0.15, 0.2) is 0 Å². The van der Waals surface area contributed by atoms with E-state index in [1.807, 2.05) is 19.2 Å². The summed E-state index contributed by atoms with van der Waals surface area (Å²) in [5.74, 6) is -0.331. The maximum absolute atomic E-state index is 13.0. The van der Waals surface area contributed by atoms with Crippen molar-refractivity contribution in [2.24, 2.45) is 0 Å². The molecule has 2 aromatic carbocycles. The highest BCUT2D eigenvalue weighted by Gasteiger charge is 2.27. The van der Waals surface area contributed by atoms with Gasteiger partial charge in [-0.05, 0) is 44.3 Å². The molecule has 1 saturated heterocycles. The lowest BCUT2D eigenvalue weighted by molar-refractivity contribution is 0.102. The summed E-state index contributed by atoms with van der Waals surface area (Å²) in [7, 11) is -1.65. The molecule has 0 unspecified atom stereocenters. The number of nitrogens with one attached hydrogen (secondary N) is 1. The molecule has 1 N–H and O–H groups in total. The highest BCUT2D eigenvalue weighted by Crippen LogP contribution is 2.30. The van der Waals surface area contributed by atoms with Crippen molar-refractivity contribution in [1.29, 1.82) is 0 Å². The molecule has 0 aliphatic carbocycles. The number of halogens is 1. The van der Waals surface area contributed by atoms with E-state index in [9.17, 15) is 13.2 Å². The predicted molar refractivity (Wildman–Crippen MR) is 128 cm³/mol. The lowest BCUT2D eigenvalue weighted by Crippen LogP contribution is -2.47. The van der Waals surface area contributed by atoms with Crippen molar-refractivity contribution in [2.45, 2.75) is 11.8 Å². The minimum atomic E-state index is -3.62. The number of carbonyl (C=O) groups is 1. The molecule has 0 radical (unpaired) electrons. The zero-order chi connectivity index (χ0) is 22.9. The number of anilines is 1. The molecular formula is C22H23ClN4O3S2. The Labute approximate surface area is 196 Å². The third-order valence-electron chi connectivity index (χ3n) is 5.27. The molecule has 0 saturated carbocycles. The summed E-state index contributed by atoms with van der Waals surface area (Å²) < 4.78 is 27.5. The number of hydrogen-bond donors (Lipinski definition) is 1. The summed E-state index contributed by atoms with van der Waals surface area (Å²) >= 11 is 7.34. The minimum Gasteiger partial charge on any atom is -0.321 e. The van der Waals surface area contributed by atoms with Crippen molar-refractivity contribution in [3.63, 3.8) is 0 Å². The Morgan fingerprint density at radius 2 is 1.81 bits per heavy atom. The van der Waals surface area contributed by atoms with Crippen LogP contribution in [-0.2, 0) is 10.0 Å². The number of aryl methyl sites for hydroxylation is 1. The molecule has 1 fully saturated rings. The van der Waals surface area contributed by atoms with Crippen molar-refractivity contribution in [3.8, 4) is 10.6 Å². The Balaban J connectivity index is 1.53. The number of thiazole rings is 1. The van der Waals surface area contributed by atoms with E-state index in [1.165, 1.54) is 21.7 Å². The Kier molecular flexibility index (Phi) is 6.64. The quantitative estimate of drug-likeness (QED) is 0.585. The fourth-order valence-electron chi connectivity index (χ4n) is 3.45. The van der Waals surface area contributed by atoms with E-state index in [1.54, 1.807) is 37.3 Å². The highest BCUT2D eigenvalue weighted by molar-refractivity contribution is 7.89. The van der Waals surface area contributed by atoms with E-state index < -0.39 is 10.0 Å². The van der Waals surface area contributed by atoms with E-state index in [0.717, 1.165) is 5.56 Å². The van der Waals surface area contributed by atoms with Crippen molar-refractivity contribution in [1.82, 2.24) is 14.2 Å². The van der Waals surface area contributed by atoms with Crippen molar-refractivity contribution < 1.29 is 13.2 Å². The van der Waals surface area contributed by atoms with Crippen LogP contribution in [0.3, 0.4) is 0 Å². The first-order valence-corrected chi connectivity index (χ1v) is 12.7. The standard InChI is InChI=1S/C22H23ClN4O3S2/c1-15-20(31-22(24-15)16-5-3-6-17(23)13-16)21(28)25-18-7-4-8-19(14-18)32(29,30)27-11-9-26(2)10-12-27/h3-8,13-14H,9-12H2,1-2H3,(H,25,28). The zero-order valence-electron chi connectivity index (χ0n) is 17.7. The molecular weight excluding hydrogens is 468 g/mol. The van der Waals surface area contributed by atoms with Crippen LogP contribution in [0.4, 0.5) is 5.69 Å². The first kappa shape index (κ1) is 22.9. The monoisotopic (exact) mass is 490 g/mol. The summed E-state index contributed by atoms with van der Waals surface area (Å²) in [6, 6.07) is 13.7. The number of aromatic nitrogens is 1. The Bertz CT molecular complexity index is 1250. The van der Waals surface area contributed by atoms with E-state index in [0.29, 0.717) is 52.5 Å². The van der Waals surface area contributed by atoms with Gasteiger partial charge in [-0.15, -0.1) is 11.3 Å². The van der Waals surface area contributed by atoms with Gasteiger partial charge in [0.25, 0.3) is 5.91 Å². The van der Waals surface area contributed by atoms with Crippen LogP contribution in [0, 0.1) is 6.92 Å². The van der Waals surface area contributed by atoms with Crippen molar-refractivity contribution in [2.75, 3.05) is 38.5 Å². The number of benzene rings is 2. The van der Waals surface area contributed by atoms with Crippen LogP contribution in [-0.4, -0.2) is 61.7 Å². The van der Waals surface area contributed by atoms with Crippen molar-refractivity contribution >= 4 is 44.6 Å². The number of piperazine rings is 1. The lowest BCUT2D eigenvalue weighted by atomic mass is 10.2. The second-order valence-electron chi connectivity index (χ2n) is 7.63. The molecule has 10 heteroatoms. The highest BCUT2D eigenvalue weighted by atomic mass is 35.5. The van der Waals surface area contributed by atoms with Crippen LogP contribution >= 0.6 is 22.9 Å². The van der Waals surface area contributed by atoms with E-state index >= 15 is 0 Å². The van der Waals surface area contributed by atoms with Crippen molar-refractivity contribution in [3.05, 3.63) is 64.1 Å². The summed E-state index contributed by atoms with van der Waals surface area (Å²) in [5, 5.41) is 4.10. The number of rotatable bonds is 5. The van der Waals surface area contributed by atoms with Gasteiger partial charge < -0.3 is 10.2 Å². The van der Waals surface area contributed by atoms with Gasteiger partial charge in [-0.1, -0.05) is 29.8 Å². The van der Waals surface area contributed by atoms with Gasteiger partial charge in [0, 0.05) is 42.5 Å². The van der Waals surface area contributed by atoms with Crippen LogP contribution < -0.4 is 5.32 Å².